The summed E-state index contributed by atoms with van der Waals surface area (Å²) in [6.45, 7) is 1.75. The maximum Gasteiger partial charge on any atom is 0.330 e. The van der Waals surface area contributed by atoms with Crippen molar-refractivity contribution in [3.63, 3.8) is 0 Å². The van der Waals surface area contributed by atoms with Gasteiger partial charge in [0.05, 0.1) is 0 Å². The first-order valence-electron chi connectivity index (χ1n) is 6.70. The molecule has 21 heavy (non-hydrogen) atoms. The van der Waals surface area contributed by atoms with Crippen LogP contribution in [-0.2, 0) is 16.0 Å². The molecule has 0 saturated heterocycles. The van der Waals surface area contributed by atoms with Gasteiger partial charge in [0, 0.05) is 11.3 Å². The highest BCUT2D eigenvalue weighted by Crippen LogP contribution is 2.16. The van der Waals surface area contributed by atoms with Crippen molar-refractivity contribution in [2.45, 2.75) is 19.8 Å². The molecule has 0 aliphatic heterocycles. The number of aryl methyl sites for hydroxylation is 2. The van der Waals surface area contributed by atoms with Crippen LogP contribution in [0.1, 0.15) is 16.9 Å². The molecule has 4 nitrogen and oxygen atoms in total. The third kappa shape index (κ3) is 5.04. The van der Waals surface area contributed by atoms with Gasteiger partial charge in [0.2, 0.25) is 5.91 Å². The normalized spacial score (nSPS) is 10.1. The van der Waals surface area contributed by atoms with Crippen molar-refractivity contribution in [2.75, 3.05) is 6.54 Å². The van der Waals surface area contributed by atoms with Crippen molar-refractivity contribution in [1.29, 1.82) is 0 Å². The van der Waals surface area contributed by atoms with Crippen LogP contribution in [0, 0.1) is 6.92 Å². The Morgan fingerprint density at radius 2 is 2.00 bits per heavy atom. The Labute approximate surface area is 127 Å². The second-order valence-electron chi connectivity index (χ2n) is 4.60. The molecule has 2 rings (SSSR count). The van der Waals surface area contributed by atoms with E-state index in [4.69, 9.17) is 4.74 Å². The molecule has 0 atom stereocenters. The van der Waals surface area contributed by atoms with Crippen molar-refractivity contribution in [3.05, 3.63) is 52.2 Å². The van der Waals surface area contributed by atoms with Crippen LogP contribution in [0.5, 0.6) is 5.75 Å². The molecule has 0 spiro atoms. The molecule has 110 valence electrons. The highest BCUT2D eigenvalue weighted by molar-refractivity contribution is 7.09. The van der Waals surface area contributed by atoms with E-state index < -0.39 is 5.97 Å². The molecule has 1 heterocycles. The molecule has 0 saturated carbocycles. The number of hydrogen-bond donors (Lipinski definition) is 1. The van der Waals surface area contributed by atoms with Crippen LogP contribution in [0.15, 0.2) is 41.8 Å². The van der Waals surface area contributed by atoms with E-state index in [1.807, 2.05) is 36.6 Å². The maximum absolute atomic E-state index is 11.7. The summed E-state index contributed by atoms with van der Waals surface area (Å²) in [5.41, 5.74) is 0.884. The summed E-state index contributed by atoms with van der Waals surface area (Å²) in [4.78, 5) is 24.5. The average Bonchev–Trinajstić information content (AvgIpc) is 2.99. The Morgan fingerprint density at radius 1 is 1.19 bits per heavy atom. The van der Waals surface area contributed by atoms with Crippen LogP contribution in [-0.4, -0.2) is 18.4 Å². The summed E-state index contributed by atoms with van der Waals surface area (Å²) in [7, 11) is 0. The summed E-state index contributed by atoms with van der Waals surface area (Å²) in [6.07, 6.45) is 1.06. The van der Waals surface area contributed by atoms with Gasteiger partial charge >= 0.3 is 5.97 Å². The molecular weight excluding hydrogens is 286 g/mol. The molecule has 0 aliphatic rings. The minimum absolute atomic E-state index is 0.113. The molecule has 2 aromatic rings. The van der Waals surface area contributed by atoms with Gasteiger partial charge in [-0.15, -0.1) is 11.3 Å². The van der Waals surface area contributed by atoms with Gasteiger partial charge in [-0.05, 0) is 36.4 Å². The van der Waals surface area contributed by atoms with Crippen LogP contribution in [0.2, 0.25) is 0 Å². The zero-order valence-electron chi connectivity index (χ0n) is 11.8. The predicted molar refractivity (Wildman–Crippen MR) is 82.5 cm³/mol. The third-order valence-corrected chi connectivity index (χ3v) is 3.86. The van der Waals surface area contributed by atoms with Crippen LogP contribution in [0.3, 0.4) is 0 Å². The van der Waals surface area contributed by atoms with E-state index in [2.05, 4.69) is 5.32 Å². The van der Waals surface area contributed by atoms with Gasteiger partial charge in [-0.1, -0.05) is 24.3 Å². The molecule has 0 fully saturated rings. The highest BCUT2D eigenvalue weighted by atomic mass is 32.1. The van der Waals surface area contributed by atoms with Crippen LogP contribution < -0.4 is 10.1 Å². The van der Waals surface area contributed by atoms with E-state index in [9.17, 15) is 9.59 Å². The van der Waals surface area contributed by atoms with E-state index in [1.54, 1.807) is 23.5 Å². The van der Waals surface area contributed by atoms with Gasteiger partial charge < -0.3 is 10.1 Å². The Morgan fingerprint density at radius 3 is 2.71 bits per heavy atom. The van der Waals surface area contributed by atoms with Crippen molar-refractivity contribution < 1.29 is 14.3 Å². The van der Waals surface area contributed by atoms with Crippen molar-refractivity contribution in [1.82, 2.24) is 5.32 Å². The minimum Gasteiger partial charge on any atom is -0.425 e. The first-order chi connectivity index (χ1) is 10.1. The Hall–Kier alpha value is -2.14. The number of esters is 1. The lowest BCUT2D eigenvalue weighted by Gasteiger charge is -2.07. The molecule has 1 amide bonds. The van der Waals surface area contributed by atoms with Crippen LogP contribution in [0.25, 0.3) is 0 Å². The third-order valence-electron chi connectivity index (χ3n) is 2.93. The lowest BCUT2D eigenvalue weighted by atomic mass is 10.2. The summed E-state index contributed by atoms with van der Waals surface area (Å²) < 4.78 is 5.19. The standard InChI is InChI=1S/C16H17NO3S/c1-12-5-2-3-7-14(12)20-16(19)11-17-15(18)9-8-13-6-4-10-21-13/h2-7,10H,8-9,11H2,1H3,(H,17,18). The lowest BCUT2D eigenvalue weighted by molar-refractivity contribution is -0.135. The Kier molecular flexibility index (Phi) is 5.51. The lowest BCUT2D eigenvalue weighted by Crippen LogP contribution is -2.32. The molecule has 5 heteroatoms. The number of hydrogen-bond acceptors (Lipinski definition) is 4. The van der Waals surface area contributed by atoms with E-state index in [0.29, 0.717) is 18.6 Å². The second kappa shape index (κ2) is 7.59. The zero-order chi connectivity index (χ0) is 15.1. The molecule has 0 aliphatic carbocycles. The summed E-state index contributed by atoms with van der Waals surface area (Å²) in [5.74, 6) is -0.0887. The summed E-state index contributed by atoms with van der Waals surface area (Å²) >= 11 is 1.62. The quantitative estimate of drug-likeness (QED) is 0.659. The van der Waals surface area contributed by atoms with Crippen LogP contribution in [0.4, 0.5) is 0 Å². The fraction of sp³-hybridized carbons (Fsp3) is 0.250. The first kappa shape index (κ1) is 15.3. The Bertz CT molecular complexity index is 608. The number of amides is 1. The second-order valence-corrected chi connectivity index (χ2v) is 5.63. The molecule has 1 N–H and O–H groups in total. The van der Waals surface area contributed by atoms with E-state index in [0.717, 1.165) is 10.4 Å². The fourth-order valence-electron chi connectivity index (χ4n) is 1.78. The van der Waals surface area contributed by atoms with Crippen molar-refractivity contribution in [3.8, 4) is 5.75 Å². The number of thiophene rings is 1. The van der Waals surface area contributed by atoms with Gasteiger partial charge in [0.1, 0.15) is 12.3 Å². The average molecular weight is 303 g/mol. The zero-order valence-corrected chi connectivity index (χ0v) is 12.6. The smallest absolute Gasteiger partial charge is 0.330 e. The van der Waals surface area contributed by atoms with E-state index >= 15 is 0 Å². The van der Waals surface area contributed by atoms with Gasteiger partial charge in [0.15, 0.2) is 0 Å². The Balaban J connectivity index is 1.71. The van der Waals surface area contributed by atoms with Gasteiger partial charge in [-0.2, -0.15) is 0 Å². The number of rotatable bonds is 6. The number of carbonyl (C=O) groups excluding carboxylic acids is 2. The largest absolute Gasteiger partial charge is 0.425 e. The van der Waals surface area contributed by atoms with E-state index in [1.165, 1.54) is 0 Å². The van der Waals surface area contributed by atoms with Gasteiger partial charge in [-0.3, -0.25) is 4.79 Å². The number of para-hydroxylation sites is 1. The monoisotopic (exact) mass is 303 g/mol. The maximum atomic E-state index is 11.7. The molecule has 0 bridgehead atoms. The van der Waals surface area contributed by atoms with Gasteiger partial charge in [0.25, 0.3) is 0 Å². The molecule has 1 aromatic heterocycles. The molecule has 0 unspecified atom stereocenters. The number of ether oxygens (including phenoxy) is 1. The SMILES string of the molecule is Cc1ccccc1OC(=O)CNC(=O)CCc1cccs1. The van der Waals surface area contributed by atoms with Crippen molar-refractivity contribution in [2.24, 2.45) is 0 Å². The van der Waals surface area contributed by atoms with E-state index in [-0.39, 0.29) is 12.5 Å². The molecule has 0 radical (unpaired) electrons. The van der Waals surface area contributed by atoms with Crippen LogP contribution >= 0.6 is 11.3 Å². The molecule has 1 aromatic carbocycles. The number of nitrogens with one attached hydrogen (secondary N) is 1. The topological polar surface area (TPSA) is 55.4 Å². The summed E-state index contributed by atoms with van der Waals surface area (Å²) in [5, 5.41) is 4.55. The first-order valence-corrected chi connectivity index (χ1v) is 7.58. The molecular formula is C16H17NO3S. The van der Waals surface area contributed by atoms with Crippen molar-refractivity contribution >= 4 is 23.2 Å². The fourth-order valence-corrected chi connectivity index (χ4v) is 2.49. The number of benzene rings is 1. The summed E-state index contributed by atoms with van der Waals surface area (Å²) in [6, 6.07) is 11.2. The predicted octanol–water partition coefficient (Wildman–Crippen LogP) is 2.71. The van der Waals surface area contributed by atoms with Gasteiger partial charge in [-0.25, -0.2) is 4.79 Å². The highest BCUT2D eigenvalue weighted by Gasteiger charge is 2.09. The minimum atomic E-state index is -0.464. The number of carbonyl (C=O) groups is 2.